The molecule has 1 amide bonds. The molecular formula is C21H19NO3. The van der Waals surface area contributed by atoms with Crippen LogP contribution in [0.2, 0.25) is 0 Å². The van der Waals surface area contributed by atoms with Crippen LogP contribution in [-0.4, -0.2) is 16.1 Å². The molecule has 0 aliphatic rings. The molecule has 0 radical (unpaired) electrons. The van der Waals surface area contributed by atoms with Crippen LogP contribution in [-0.2, 0) is 10.4 Å². The Hall–Kier alpha value is -3.11. The summed E-state index contributed by atoms with van der Waals surface area (Å²) in [6.07, 6.45) is 0. The first-order chi connectivity index (χ1) is 12.0. The molecule has 0 aliphatic heterocycles. The minimum atomic E-state index is -1.55. The van der Waals surface area contributed by atoms with Gasteiger partial charge in [0.1, 0.15) is 11.4 Å². The minimum absolute atomic E-state index is 0.0516. The van der Waals surface area contributed by atoms with Crippen LogP contribution >= 0.6 is 0 Å². The van der Waals surface area contributed by atoms with Crippen molar-refractivity contribution in [3.8, 4) is 5.75 Å². The highest BCUT2D eigenvalue weighted by molar-refractivity contribution is 5.89. The van der Waals surface area contributed by atoms with Gasteiger partial charge in [0.15, 0.2) is 0 Å². The monoisotopic (exact) mass is 333 g/mol. The summed E-state index contributed by atoms with van der Waals surface area (Å²) in [5, 5.41) is 24.8. The van der Waals surface area contributed by atoms with Gasteiger partial charge in [0, 0.05) is 18.2 Å². The highest BCUT2D eigenvalue weighted by Crippen LogP contribution is 2.41. The first-order valence-electron chi connectivity index (χ1n) is 7.96. The van der Waals surface area contributed by atoms with E-state index in [9.17, 15) is 15.0 Å². The van der Waals surface area contributed by atoms with Crippen molar-refractivity contribution in [3.63, 3.8) is 0 Å². The second-order valence-electron chi connectivity index (χ2n) is 5.86. The van der Waals surface area contributed by atoms with Crippen LogP contribution in [0, 0.1) is 0 Å². The van der Waals surface area contributed by atoms with Crippen molar-refractivity contribution in [1.29, 1.82) is 0 Å². The van der Waals surface area contributed by atoms with Gasteiger partial charge < -0.3 is 15.5 Å². The molecule has 3 aromatic carbocycles. The maximum atomic E-state index is 11.7. The minimum Gasteiger partial charge on any atom is -0.508 e. The zero-order valence-corrected chi connectivity index (χ0v) is 13.8. The second kappa shape index (κ2) is 6.79. The molecular weight excluding hydrogens is 314 g/mol. The fourth-order valence-corrected chi connectivity index (χ4v) is 2.94. The van der Waals surface area contributed by atoms with E-state index < -0.39 is 5.60 Å². The van der Waals surface area contributed by atoms with E-state index in [4.69, 9.17) is 0 Å². The van der Waals surface area contributed by atoms with E-state index in [0.29, 0.717) is 22.4 Å². The standard InChI is InChI=1S/C21H19NO3/c1-15(23)22-18-12-13-20(24)19(14-18)21(25,16-8-4-2-5-9-16)17-10-6-3-7-11-17/h2-14,24-25H,1H3,(H,22,23). The van der Waals surface area contributed by atoms with E-state index >= 15 is 0 Å². The largest absolute Gasteiger partial charge is 0.508 e. The highest BCUT2D eigenvalue weighted by Gasteiger charge is 2.36. The summed E-state index contributed by atoms with van der Waals surface area (Å²) < 4.78 is 0. The summed E-state index contributed by atoms with van der Waals surface area (Å²) in [5.74, 6) is -0.274. The summed E-state index contributed by atoms with van der Waals surface area (Å²) >= 11 is 0. The molecule has 3 N–H and O–H groups in total. The normalized spacial score (nSPS) is 11.1. The number of carbonyl (C=O) groups is 1. The number of aromatic hydroxyl groups is 1. The number of phenolic OH excluding ortho intramolecular Hbond substituents is 1. The van der Waals surface area contributed by atoms with Crippen LogP contribution in [0.1, 0.15) is 23.6 Å². The Morgan fingerprint density at radius 2 is 1.40 bits per heavy atom. The average Bonchev–Trinajstić information content (AvgIpc) is 2.64. The number of rotatable bonds is 4. The summed E-state index contributed by atoms with van der Waals surface area (Å²) in [6.45, 7) is 1.41. The zero-order valence-electron chi connectivity index (χ0n) is 13.8. The maximum Gasteiger partial charge on any atom is 0.221 e. The molecule has 0 saturated heterocycles. The number of anilines is 1. The van der Waals surface area contributed by atoms with Crippen LogP contribution in [0.3, 0.4) is 0 Å². The van der Waals surface area contributed by atoms with Crippen LogP contribution in [0.5, 0.6) is 5.75 Å². The SMILES string of the molecule is CC(=O)Nc1ccc(O)c(C(O)(c2ccccc2)c2ccccc2)c1. The number of amides is 1. The van der Waals surface area contributed by atoms with Crippen molar-refractivity contribution in [2.24, 2.45) is 0 Å². The fourth-order valence-electron chi connectivity index (χ4n) is 2.94. The van der Waals surface area contributed by atoms with Crippen molar-refractivity contribution >= 4 is 11.6 Å². The predicted molar refractivity (Wildman–Crippen MR) is 97.4 cm³/mol. The molecule has 0 aromatic heterocycles. The second-order valence-corrected chi connectivity index (χ2v) is 5.86. The lowest BCUT2D eigenvalue weighted by Gasteiger charge is -2.31. The number of phenols is 1. The van der Waals surface area contributed by atoms with Gasteiger partial charge in [-0.25, -0.2) is 0 Å². The van der Waals surface area contributed by atoms with E-state index in [1.165, 1.54) is 13.0 Å². The molecule has 0 spiro atoms. The maximum absolute atomic E-state index is 11.7. The quantitative estimate of drug-likeness (QED) is 0.504. The molecule has 3 rings (SSSR count). The number of hydrogen-bond acceptors (Lipinski definition) is 3. The lowest BCUT2D eigenvalue weighted by atomic mass is 9.80. The Balaban J connectivity index is 2.25. The molecule has 0 saturated carbocycles. The first kappa shape index (κ1) is 16.7. The van der Waals surface area contributed by atoms with Crippen molar-refractivity contribution in [3.05, 3.63) is 95.6 Å². The van der Waals surface area contributed by atoms with Gasteiger partial charge in [-0.05, 0) is 29.3 Å². The van der Waals surface area contributed by atoms with E-state index in [2.05, 4.69) is 5.32 Å². The Morgan fingerprint density at radius 3 is 1.88 bits per heavy atom. The third-order valence-corrected chi connectivity index (χ3v) is 4.09. The van der Waals surface area contributed by atoms with Gasteiger partial charge in [-0.15, -0.1) is 0 Å². The van der Waals surface area contributed by atoms with Crippen molar-refractivity contribution < 1.29 is 15.0 Å². The van der Waals surface area contributed by atoms with E-state index in [-0.39, 0.29) is 11.7 Å². The molecule has 0 aliphatic carbocycles. The molecule has 25 heavy (non-hydrogen) atoms. The zero-order chi connectivity index (χ0) is 17.9. The van der Waals surface area contributed by atoms with Gasteiger partial charge in [0.2, 0.25) is 5.91 Å². The van der Waals surface area contributed by atoms with E-state index in [0.717, 1.165) is 0 Å². The van der Waals surface area contributed by atoms with Crippen LogP contribution in [0.4, 0.5) is 5.69 Å². The molecule has 0 unspecified atom stereocenters. The first-order valence-corrected chi connectivity index (χ1v) is 7.96. The molecule has 0 heterocycles. The third-order valence-electron chi connectivity index (χ3n) is 4.09. The summed E-state index contributed by atoms with van der Waals surface area (Å²) in [5.41, 5.74) is 0.496. The molecule has 126 valence electrons. The van der Waals surface area contributed by atoms with Gasteiger partial charge in [0.25, 0.3) is 0 Å². The fraction of sp³-hybridized carbons (Fsp3) is 0.0952. The molecule has 4 nitrogen and oxygen atoms in total. The smallest absolute Gasteiger partial charge is 0.221 e. The summed E-state index contributed by atoms with van der Waals surface area (Å²) in [6, 6.07) is 22.9. The van der Waals surface area contributed by atoms with Gasteiger partial charge in [-0.2, -0.15) is 0 Å². The van der Waals surface area contributed by atoms with Crippen molar-refractivity contribution in [1.82, 2.24) is 0 Å². The molecule has 4 heteroatoms. The van der Waals surface area contributed by atoms with Crippen LogP contribution in [0.15, 0.2) is 78.9 Å². The van der Waals surface area contributed by atoms with Crippen LogP contribution in [0.25, 0.3) is 0 Å². The number of nitrogens with one attached hydrogen (secondary N) is 1. The summed E-state index contributed by atoms with van der Waals surface area (Å²) in [4.78, 5) is 11.4. The average molecular weight is 333 g/mol. The van der Waals surface area contributed by atoms with E-state index in [1.807, 2.05) is 36.4 Å². The molecule has 0 bridgehead atoms. The van der Waals surface area contributed by atoms with Crippen molar-refractivity contribution in [2.75, 3.05) is 5.32 Å². The predicted octanol–water partition coefficient (Wildman–Crippen LogP) is 3.63. The van der Waals surface area contributed by atoms with Gasteiger partial charge in [-0.1, -0.05) is 60.7 Å². The third kappa shape index (κ3) is 3.25. The molecule has 0 atom stereocenters. The Kier molecular flexibility index (Phi) is 4.55. The lowest BCUT2D eigenvalue weighted by Crippen LogP contribution is -2.29. The Bertz CT molecular complexity index is 837. The lowest BCUT2D eigenvalue weighted by molar-refractivity contribution is -0.114. The Labute approximate surface area is 146 Å². The molecule has 3 aromatic rings. The molecule has 0 fully saturated rings. The number of aliphatic hydroxyl groups is 1. The van der Waals surface area contributed by atoms with Crippen LogP contribution < -0.4 is 5.32 Å². The van der Waals surface area contributed by atoms with Gasteiger partial charge in [-0.3, -0.25) is 4.79 Å². The number of hydrogen-bond donors (Lipinski definition) is 3. The number of carbonyl (C=O) groups excluding carboxylic acids is 1. The highest BCUT2D eigenvalue weighted by atomic mass is 16.3. The van der Waals surface area contributed by atoms with Crippen molar-refractivity contribution in [2.45, 2.75) is 12.5 Å². The Morgan fingerprint density at radius 1 is 0.880 bits per heavy atom. The summed E-state index contributed by atoms with van der Waals surface area (Å²) in [7, 11) is 0. The topological polar surface area (TPSA) is 69.6 Å². The number of benzene rings is 3. The van der Waals surface area contributed by atoms with E-state index in [1.54, 1.807) is 36.4 Å². The van der Waals surface area contributed by atoms with Gasteiger partial charge in [0.05, 0.1) is 0 Å². The van der Waals surface area contributed by atoms with Gasteiger partial charge >= 0.3 is 0 Å².